The van der Waals surface area contributed by atoms with Gasteiger partial charge in [0.2, 0.25) is 0 Å². The van der Waals surface area contributed by atoms with E-state index in [0.29, 0.717) is 18.8 Å². The summed E-state index contributed by atoms with van der Waals surface area (Å²) in [6, 6.07) is 5.69. The number of rotatable bonds is 3. The Bertz CT molecular complexity index is 445. The molecule has 1 fully saturated rings. The summed E-state index contributed by atoms with van der Waals surface area (Å²) in [5.74, 6) is 0. The standard InChI is InChI=1S/C10H11N3O4/c14-10(17-9-5-11-6-9)12-7-2-1-3-8(4-7)13(15)16/h1-4,9,11H,5-6H2,(H,12,14). The number of carbonyl (C=O) groups is 1. The molecule has 0 unspecified atom stereocenters. The van der Waals surface area contributed by atoms with E-state index in [4.69, 9.17) is 4.74 Å². The maximum Gasteiger partial charge on any atom is 0.411 e. The smallest absolute Gasteiger partial charge is 0.411 e. The second-order valence-corrected chi connectivity index (χ2v) is 3.62. The van der Waals surface area contributed by atoms with Gasteiger partial charge in [-0.2, -0.15) is 0 Å². The number of non-ortho nitro benzene ring substituents is 1. The van der Waals surface area contributed by atoms with Gasteiger partial charge in [0.1, 0.15) is 6.10 Å². The van der Waals surface area contributed by atoms with E-state index >= 15 is 0 Å². The Kier molecular flexibility index (Phi) is 3.20. The van der Waals surface area contributed by atoms with E-state index in [0.717, 1.165) is 0 Å². The zero-order chi connectivity index (χ0) is 12.3. The van der Waals surface area contributed by atoms with Gasteiger partial charge in [-0.15, -0.1) is 0 Å². The average Bonchev–Trinajstić information content (AvgIpc) is 2.24. The Morgan fingerprint density at radius 2 is 2.29 bits per heavy atom. The Morgan fingerprint density at radius 3 is 2.88 bits per heavy atom. The fraction of sp³-hybridized carbons (Fsp3) is 0.300. The van der Waals surface area contributed by atoms with Crippen LogP contribution in [0.1, 0.15) is 0 Å². The molecule has 0 aromatic heterocycles. The lowest BCUT2D eigenvalue weighted by atomic mass is 10.2. The predicted octanol–water partition coefficient (Wildman–Crippen LogP) is 1.12. The third kappa shape index (κ3) is 2.91. The maximum atomic E-state index is 11.4. The van der Waals surface area contributed by atoms with Crippen molar-refractivity contribution in [1.29, 1.82) is 0 Å². The molecule has 0 spiro atoms. The number of nitro groups is 1. The van der Waals surface area contributed by atoms with Crippen molar-refractivity contribution < 1.29 is 14.5 Å². The number of hydrogen-bond donors (Lipinski definition) is 2. The van der Waals surface area contributed by atoms with E-state index in [1.807, 2.05) is 0 Å². The second-order valence-electron chi connectivity index (χ2n) is 3.62. The Balaban J connectivity index is 1.95. The molecule has 1 heterocycles. The number of nitrogens with one attached hydrogen (secondary N) is 2. The van der Waals surface area contributed by atoms with Gasteiger partial charge in [-0.1, -0.05) is 6.07 Å². The molecule has 1 aromatic rings. The number of carbonyl (C=O) groups excluding carboxylic acids is 1. The van der Waals surface area contributed by atoms with Gasteiger partial charge in [-0.05, 0) is 6.07 Å². The normalized spacial score (nSPS) is 14.8. The van der Waals surface area contributed by atoms with Gasteiger partial charge >= 0.3 is 6.09 Å². The molecule has 2 N–H and O–H groups in total. The van der Waals surface area contributed by atoms with Crippen LogP contribution >= 0.6 is 0 Å². The maximum absolute atomic E-state index is 11.4. The van der Waals surface area contributed by atoms with Crippen LogP contribution < -0.4 is 10.6 Å². The highest BCUT2D eigenvalue weighted by atomic mass is 16.6. The molecule has 1 aliphatic rings. The lowest BCUT2D eigenvalue weighted by Gasteiger charge is -2.26. The molecule has 1 aromatic carbocycles. The second kappa shape index (κ2) is 4.79. The van der Waals surface area contributed by atoms with Crippen molar-refractivity contribution in [2.24, 2.45) is 0 Å². The van der Waals surface area contributed by atoms with E-state index in [1.54, 1.807) is 6.07 Å². The van der Waals surface area contributed by atoms with Gasteiger partial charge in [-0.25, -0.2) is 4.79 Å². The van der Waals surface area contributed by atoms with Crippen LogP contribution in [0.25, 0.3) is 0 Å². The number of nitrogens with zero attached hydrogens (tertiary/aromatic N) is 1. The molecule has 0 aliphatic carbocycles. The highest BCUT2D eigenvalue weighted by Crippen LogP contribution is 2.17. The van der Waals surface area contributed by atoms with Crippen LogP contribution in [0, 0.1) is 10.1 Å². The highest BCUT2D eigenvalue weighted by Gasteiger charge is 2.21. The SMILES string of the molecule is O=C(Nc1cccc([N+](=O)[O-])c1)OC1CNC1. The van der Waals surface area contributed by atoms with Gasteiger partial charge in [0.05, 0.1) is 10.6 Å². The molecule has 0 saturated carbocycles. The highest BCUT2D eigenvalue weighted by molar-refractivity contribution is 5.85. The molecule has 1 amide bonds. The molecule has 0 atom stereocenters. The van der Waals surface area contributed by atoms with Crippen LogP contribution in [0.5, 0.6) is 0 Å². The molecule has 0 bridgehead atoms. The van der Waals surface area contributed by atoms with Gasteiger partial charge in [0.25, 0.3) is 5.69 Å². The van der Waals surface area contributed by atoms with Crippen LogP contribution in [0.2, 0.25) is 0 Å². The summed E-state index contributed by atoms with van der Waals surface area (Å²) < 4.78 is 5.01. The van der Waals surface area contributed by atoms with E-state index in [1.165, 1.54) is 18.2 Å². The summed E-state index contributed by atoms with van der Waals surface area (Å²) in [5.41, 5.74) is 0.268. The van der Waals surface area contributed by atoms with E-state index in [2.05, 4.69) is 10.6 Å². The first-order valence-electron chi connectivity index (χ1n) is 5.08. The summed E-state index contributed by atoms with van der Waals surface area (Å²) in [6.45, 7) is 1.28. The van der Waals surface area contributed by atoms with Crippen molar-refractivity contribution in [3.05, 3.63) is 34.4 Å². The number of nitro benzene ring substituents is 1. The summed E-state index contributed by atoms with van der Waals surface area (Å²) >= 11 is 0. The molecule has 2 rings (SSSR count). The first kappa shape index (κ1) is 11.3. The van der Waals surface area contributed by atoms with Crippen molar-refractivity contribution in [2.75, 3.05) is 18.4 Å². The number of ether oxygens (including phenoxy) is 1. The zero-order valence-electron chi connectivity index (χ0n) is 8.88. The third-order valence-electron chi connectivity index (χ3n) is 2.32. The van der Waals surface area contributed by atoms with E-state index < -0.39 is 11.0 Å². The number of amides is 1. The van der Waals surface area contributed by atoms with Crippen molar-refractivity contribution >= 4 is 17.5 Å². The molecule has 1 saturated heterocycles. The summed E-state index contributed by atoms with van der Waals surface area (Å²) in [5, 5.41) is 15.9. The molecular formula is C10H11N3O4. The lowest BCUT2D eigenvalue weighted by Crippen LogP contribution is -2.49. The molecule has 17 heavy (non-hydrogen) atoms. The summed E-state index contributed by atoms with van der Waals surface area (Å²) in [7, 11) is 0. The van der Waals surface area contributed by atoms with Crippen LogP contribution in [0.4, 0.5) is 16.2 Å². The molecule has 7 nitrogen and oxygen atoms in total. The van der Waals surface area contributed by atoms with Crippen molar-refractivity contribution in [2.45, 2.75) is 6.10 Å². The molecule has 90 valence electrons. The lowest BCUT2D eigenvalue weighted by molar-refractivity contribution is -0.384. The predicted molar refractivity (Wildman–Crippen MR) is 59.9 cm³/mol. The quantitative estimate of drug-likeness (QED) is 0.606. The third-order valence-corrected chi connectivity index (χ3v) is 2.32. The van der Waals surface area contributed by atoms with Crippen molar-refractivity contribution in [3.63, 3.8) is 0 Å². The summed E-state index contributed by atoms with van der Waals surface area (Å²) in [6.07, 6.45) is -0.717. The van der Waals surface area contributed by atoms with Crippen molar-refractivity contribution in [1.82, 2.24) is 5.32 Å². The van der Waals surface area contributed by atoms with Gasteiger partial charge in [0, 0.05) is 25.2 Å². The van der Waals surface area contributed by atoms with Gasteiger partial charge in [0.15, 0.2) is 0 Å². The largest absolute Gasteiger partial charge is 0.443 e. The Labute approximate surface area is 96.9 Å². The minimum atomic E-state index is -0.600. The first-order valence-corrected chi connectivity index (χ1v) is 5.08. The van der Waals surface area contributed by atoms with Gasteiger partial charge < -0.3 is 10.1 Å². The van der Waals surface area contributed by atoms with Gasteiger partial charge in [-0.3, -0.25) is 15.4 Å². The van der Waals surface area contributed by atoms with Crippen LogP contribution in [-0.4, -0.2) is 30.2 Å². The number of hydrogen-bond acceptors (Lipinski definition) is 5. The topological polar surface area (TPSA) is 93.5 Å². The van der Waals surface area contributed by atoms with Crippen LogP contribution in [-0.2, 0) is 4.74 Å². The molecule has 7 heteroatoms. The van der Waals surface area contributed by atoms with Crippen LogP contribution in [0.3, 0.4) is 0 Å². The monoisotopic (exact) mass is 237 g/mol. The minimum Gasteiger partial charge on any atom is -0.443 e. The average molecular weight is 237 g/mol. The molecular weight excluding hydrogens is 226 g/mol. The minimum absolute atomic E-state index is 0.0758. The first-order chi connectivity index (χ1) is 8.15. The number of anilines is 1. The van der Waals surface area contributed by atoms with E-state index in [-0.39, 0.29) is 11.8 Å². The molecule has 1 aliphatic heterocycles. The van der Waals surface area contributed by atoms with Crippen molar-refractivity contribution in [3.8, 4) is 0 Å². The zero-order valence-corrected chi connectivity index (χ0v) is 8.88. The fourth-order valence-electron chi connectivity index (χ4n) is 1.34. The Hall–Kier alpha value is -2.15. The number of benzene rings is 1. The van der Waals surface area contributed by atoms with E-state index in [9.17, 15) is 14.9 Å². The van der Waals surface area contributed by atoms with Crippen LogP contribution in [0.15, 0.2) is 24.3 Å². The fourth-order valence-corrected chi connectivity index (χ4v) is 1.34. The Morgan fingerprint density at radius 1 is 1.53 bits per heavy atom. The molecule has 0 radical (unpaired) electrons. The summed E-state index contributed by atoms with van der Waals surface area (Å²) in [4.78, 5) is 21.4.